The number of aromatic amines is 1. The van der Waals surface area contributed by atoms with E-state index in [4.69, 9.17) is 5.73 Å². The maximum Gasteiger partial charge on any atom is 0.254 e. The summed E-state index contributed by atoms with van der Waals surface area (Å²) in [6.07, 6.45) is 4.19. The van der Waals surface area contributed by atoms with E-state index in [1.54, 1.807) is 6.33 Å². The number of carbonyl (C=O) groups is 1. The van der Waals surface area contributed by atoms with Gasteiger partial charge >= 0.3 is 0 Å². The van der Waals surface area contributed by atoms with Crippen LogP contribution in [-0.2, 0) is 11.3 Å². The number of aromatic nitrogens is 4. The number of nitrogens with one attached hydrogen (secondary N) is 2. The Bertz CT molecular complexity index is 1060. The Morgan fingerprint density at radius 3 is 3.07 bits per heavy atom. The van der Waals surface area contributed by atoms with E-state index < -0.39 is 0 Å². The van der Waals surface area contributed by atoms with E-state index in [1.165, 1.54) is 6.07 Å². The van der Waals surface area contributed by atoms with Crippen molar-refractivity contribution in [3.63, 3.8) is 0 Å². The van der Waals surface area contributed by atoms with Crippen LogP contribution in [0.2, 0.25) is 0 Å². The summed E-state index contributed by atoms with van der Waals surface area (Å²) in [6.45, 7) is 2.77. The average molecular weight is 395 g/mol. The zero-order chi connectivity index (χ0) is 20.2. The fourth-order valence-corrected chi connectivity index (χ4v) is 3.82. The maximum atomic E-state index is 12.3. The third-order valence-electron chi connectivity index (χ3n) is 5.28. The second-order valence-electron chi connectivity index (χ2n) is 7.42. The van der Waals surface area contributed by atoms with E-state index in [0.717, 1.165) is 37.0 Å². The molecule has 1 atom stereocenters. The SMILES string of the molecule is Nc1nc(N2CCCC(CNC(=O)CCn3cnc4ccccc43)C2)cc(=O)[nH]1. The van der Waals surface area contributed by atoms with Crippen LogP contribution >= 0.6 is 0 Å². The predicted octanol–water partition coefficient (Wildman–Crippen LogP) is 1.12. The standard InChI is InChI=1S/C20H25N7O2/c21-20-24-17(10-19(29)25-20)26-8-3-4-14(12-26)11-22-18(28)7-9-27-13-23-15-5-1-2-6-16(15)27/h1-2,5-6,10,13-14H,3-4,7-9,11-12H2,(H,22,28)(H3,21,24,25,29). The molecule has 0 saturated carbocycles. The largest absolute Gasteiger partial charge is 0.369 e. The van der Waals surface area contributed by atoms with E-state index in [9.17, 15) is 9.59 Å². The van der Waals surface area contributed by atoms with Gasteiger partial charge in [0.2, 0.25) is 11.9 Å². The summed E-state index contributed by atoms with van der Waals surface area (Å²) < 4.78 is 2.00. The Labute approximate surface area is 167 Å². The van der Waals surface area contributed by atoms with Crippen LogP contribution < -0.4 is 21.5 Å². The molecule has 0 bridgehead atoms. The number of rotatable bonds is 6. The molecular weight excluding hydrogens is 370 g/mol. The molecule has 1 aromatic carbocycles. The van der Waals surface area contributed by atoms with Crippen molar-refractivity contribution in [3.8, 4) is 0 Å². The number of imidazole rings is 1. The second-order valence-corrected chi connectivity index (χ2v) is 7.42. The third kappa shape index (κ3) is 4.56. The molecule has 3 heterocycles. The number of hydrogen-bond donors (Lipinski definition) is 3. The number of amides is 1. The van der Waals surface area contributed by atoms with E-state index in [2.05, 4.69) is 25.2 Å². The van der Waals surface area contributed by atoms with Crippen LogP contribution in [0.5, 0.6) is 0 Å². The molecule has 4 N–H and O–H groups in total. The zero-order valence-corrected chi connectivity index (χ0v) is 16.2. The van der Waals surface area contributed by atoms with Crippen molar-refractivity contribution in [2.75, 3.05) is 30.3 Å². The first-order valence-electron chi connectivity index (χ1n) is 9.87. The molecule has 1 aliphatic heterocycles. The minimum Gasteiger partial charge on any atom is -0.369 e. The Hall–Kier alpha value is -3.36. The summed E-state index contributed by atoms with van der Waals surface area (Å²) in [6, 6.07) is 9.36. The number of para-hydroxylation sites is 2. The predicted molar refractivity (Wildman–Crippen MR) is 112 cm³/mol. The number of nitrogens with two attached hydrogens (primary N) is 1. The summed E-state index contributed by atoms with van der Waals surface area (Å²) in [5, 5.41) is 3.05. The van der Waals surface area contributed by atoms with Crippen molar-refractivity contribution in [3.05, 3.63) is 47.0 Å². The number of benzene rings is 1. The second kappa shape index (κ2) is 8.34. The van der Waals surface area contributed by atoms with Gasteiger partial charge in [0.25, 0.3) is 5.56 Å². The van der Waals surface area contributed by atoms with Gasteiger partial charge in [-0.3, -0.25) is 14.6 Å². The molecule has 1 saturated heterocycles. The Morgan fingerprint density at radius 2 is 2.21 bits per heavy atom. The highest BCUT2D eigenvalue weighted by atomic mass is 16.1. The van der Waals surface area contributed by atoms with Crippen molar-refractivity contribution in [1.82, 2.24) is 24.8 Å². The van der Waals surface area contributed by atoms with Crippen LogP contribution in [0.4, 0.5) is 11.8 Å². The molecule has 1 fully saturated rings. The van der Waals surface area contributed by atoms with Gasteiger partial charge in [0.05, 0.1) is 17.4 Å². The summed E-state index contributed by atoms with van der Waals surface area (Å²) in [4.78, 5) is 37.1. The average Bonchev–Trinajstić information content (AvgIpc) is 3.13. The summed E-state index contributed by atoms with van der Waals surface area (Å²) in [5.74, 6) is 1.05. The lowest BCUT2D eigenvalue weighted by Gasteiger charge is -2.33. The van der Waals surface area contributed by atoms with Crippen molar-refractivity contribution >= 4 is 28.7 Å². The summed E-state index contributed by atoms with van der Waals surface area (Å²) >= 11 is 0. The highest BCUT2D eigenvalue weighted by Gasteiger charge is 2.22. The van der Waals surface area contributed by atoms with Crippen LogP contribution in [0, 0.1) is 5.92 Å². The lowest BCUT2D eigenvalue weighted by molar-refractivity contribution is -0.121. The zero-order valence-electron chi connectivity index (χ0n) is 16.2. The molecule has 152 valence electrons. The topological polar surface area (TPSA) is 122 Å². The fourth-order valence-electron chi connectivity index (χ4n) is 3.82. The molecule has 0 radical (unpaired) electrons. The third-order valence-corrected chi connectivity index (χ3v) is 5.28. The lowest BCUT2D eigenvalue weighted by Crippen LogP contribution is -2.41. The number of nitrogens with zero attached hydrogens (tertiary/aromatic N) is 4. The molecule has 0 aliphatic carbocycles. The number of carbonyl (C=O) groups excluding carboxylic acids is 1. The highest BCUT2D eigenvalue weighted by molar-refractivity contribution is 5.77. The normalized spacial score (nSPS) is 16.8. The first-order chi connectivity index (χ1) is 14.1. The number of aryl methyl sites for hydroxylation is 1. The molecule has 9 nitrogen and oxygen atoms in total. The van der Waals surface area contributed by atoms with Gasteiger partial charge in [-0.05, 0) is 30.9 Å². The molecular formula is C20H25N7O2. The van der Waals surface area contributed by atoms with Gasteiger partial charge in [0.15, 0.2) is 0 Å². The molecule has 2 aromatic heterocycles. The number of fused-ring (bicyclic) bond motifs is 1. The first kappa shape index (κ1) is 19.0. The van der Waals surface area contributed by atoms with Crippen LogP contribution in [0.25, 0.3) is 11.0 Å². The van der Waals surface area contributed by atoms with Gasteiger partial charge in [-0.15, -0.1) is 0 Å². The minimum atomic E-state index is -0.255. The molecule has 4 rings (SSSR count). The van der Waals surface area contributed by atoms with E-state index in [0.29, 0.717) is 31.2 Å². The van der Waals surface area contributed by atoms with Crippen LogP contribution in [0.1, 0.15) is 19.3 Å². The number of hydrogen-bond acceptors (Lipinski definition) is 6. The lowest BCUT2D eigenvalue weighted by atomic mass is 9.98. The van der Waals surface area contributed by atoms with Gasteiger partial charge in [-0.2, -0.15) is 4.98 Å². The highest BCUT2D eigenvalue weighted by Crippen LogP contribution is 2.20. The summed E-state index contributed by atoms with van der Waals surface area (Å²) in [5.41, 5.74) is 7.37. The van der Waals surface area contributed by atoms with Crippen LogP contribution in [-0.4, -0.2) is 45.1 Å². The van der Waals surface area contributed by atoms with Gasteiger partial charge < -0.3 is 20.5 Å². The van der Waals surface area contributed by atoms with Crippen molar-refractivity contribution in [2.24, 2.45) is 5.92 Å². The van der Waals surface area contributed by atoms with Crippen molar-refractivity contribution in [2.45, 2.75) is 25.8 Å². The smallest absolute Gasteiger partial charge is 0.254 e. The van der Waals surface area contributed by atoms with Crippen molar-refractivity contribution < 1.29 is 4.79 Å². The fraction of sp³-hybridized carbons (Fsp3) is 0.400. The maximum absolute atomic E-state index is 12.3. The Kier molecular flexibility index (Phi) is 5.46. The van der Waals surface area contributed by atoms with Gasteiger partial charge in [-0.1, -0.05) is 12.1 Å². The first-order valence-corrected chi connectivity index (χ1v) is 9.87. The summed E-state index contributed by atoms with van der Waals surface area (Å²) in [7, 11) is 0. The van der Waals surface area contributed by atoms with Gasteiger partial charge in [-0.25, -0.2) is 4.98 Å². The number of anilines is 2. The number of nitrogen functional groups attached to an aromatic ring is 1. The minimum absolute atomic E-state index is 0.0263. The van der Waals surface area contributed by atoms with E-state index in [-0.39, 0.29) is 17.4 Å². The van der Waals surface area contributed by atoms with Crippen LogP contribution in [0.15, 0.2) is 41.5 Å². The molecule has 29 heavy (non-hydrogen) atoms. The van der Waals surface area contributed by atoms with Gasteiger partial charge in [0.1, 0.15) is 5.82 Å². The molecule has 1 unspecified atom stereocenters. The molecule has 9 heteroatoms. The monoisotopic (exact) mass is 395 g/mol. The molecule has 0 spiro atoms. The molecule has 1 aliphatic rings. The molecule has 1 amide bonds. The number of H-pyrrole nitrogens is 1. The van der Waals surface area contributed by atoms with E-state index in [1.807, 2.05) is 28.8 Å². The Balaban J connectivity index is 1.28. The van der Waals surface area contributed by atoms with Crippen LogP contribution in [0.3, 0.4) is 0 Å². The number of piperidine rings is 1. The Morgan fingerprint density at radius 1 is 1.34 bits per heavy atom. The van der Waals surface area contributed by atoms with Crippen molar-refractivity contribution in [1.29, 1.82) is 0 Å². The van der Waals surface area contributed by atoms with Gasteiger partial charge in [0, 0.05) is 38.7 Å². The molecule has 3 aromatic rings. The quantitative estimate of drug-likeness (QED) is 0.575. The van der Waals surface area contributed by atoms with E-state index >= 15 is 0 Å².